The third-order valence-corrected chi connectivity index (χ3v) is 3.99. The maximum atomic E-state index is 12.9. The number of hydrogen-bond acceptors (Lipinski definition) is 6. The number of carbonyl (C=O) groups is 1. The predicted octanol–water partition coefficient (Wildman–Crippen LogP) is 1.14. The summed E-state index contributed by atoms with van der Waals surface area (Å²) in [5.74, 6) is 0.215. The van der Waals surface area contributed by atoms with Gasteiger partial charge in [0.2, 0.25) is 11.9 Å². The summed E-state index contributed by atoms with van der Waals surface area (Å²) >= 11 is 0. The zero-order valence-corrected chi connectivity index (χ0v) is 14.6. The minimum absolute atomic E-state index is 0.0408. The van der Waals surface area contributed by atoms with E-state index in [4.69, 9.17) is 0 Å². The summed E-state index contributed by atoms with van der Waals surface area (Å²) < 4.78 is 38.8. The van der Waals surface area contributed by atoms with E-state index in [1.165, 1.54) is 4.90 Å². The number of aromatic nitrogens is 2. The monoisotopic (exact) mass is 360 g/mol. The van der Waals surface area contributed by atoms with Crippen LogP contribution in [0, 0.1) is 0 Å². The molecule has 0 aromatic carbocycles. The maximum Gasteiger partial charge on any atom is 0.433 e. The Morgan fingerprint density at radius 3 is 2.40 bits per heavy atom. The van der Waals surface area contributed by atoms with Crippen molar-refractivity contribution in [2.75, 3.05) is 63.6 Å². The molecule has 25 heavy (non-hydrogen) atoms. The Morgan fingerprint density at radius 2 is 1.88 bits per heavy atom. The van der Waals surface area contributed by atoms with Crippen molar-refractivity contribution in [2.24, 2.45) is 0 Å². The molecular formula is C15H23F3N6O. The van der Waals surface area contributed by atoms with Crippen LogP contribution in [-0.2, 0) is 11.0 Å². The Kier molecular flexibility index (Phi) is 6.04. The summed E-state index contributed by atoms with van der Waals surface area (Å²) in [5, 5.41) is 2.86. The van der Waals surface area contributed by atoms with Crippen molar-refractivity contribution in [2.45, 2.75) is 13.1 Å². The predicted molar refractivity (Wildman–Crippen MR) is 88.5 cm³/mol. The Bertz CT molecular complexity index is 599. The molecule has 1 aromatic heterocycles. The molecule has 1 fully saturated rings. The van der Waals surface area contributed by atoms with Gasteiger partial charge < -0.3 is 15.1 Å². The van der Waals surface area contributed by atoms with E-state index in [2.05, 4.69) is 20.2 Å². The van der Waals surface area contributed by atoms with Gasteiger partial charge in [0.25, 0.3) is 0 Å². The van der Waals surface area contributed by atoms with Crippen LogP contribution in [-0.4, -0.2) is 79.0 Å². The molecule has 10 heteroatoms. The van der Waals surface area contributed by atoms with Gasteiger partial charge in [-0.15, -0.1) is 0 Å². The third kappa shape index (κ3) is 5.45. The molecule has 0 spiro atoms. The largest absolute Gasteiger partial charge is 0.433 e. The van der Waals surface area contributed by atoms with Crippen molar-refractivity contribution in [3.05, 3.63) is 11.8 Å². The topological polar surface area (TPSA) is 64.6 Å². The first-order chi connectivity index (χ1) is 11.7. The Morgan fingerprint density at radius 1 is 1.24 bits per heavy atom. The molecule has 1 amide bonds. The fourth-order valence-corrected chi connectivity index (χ4v) is 2.50. The molecule has 0 unspecified atom stereocenters. The third-order valence-electron chi connectivity index (χ3n) is 3.99. The summed E-state index contributed by atoms with van der Waals surface area (Å²) in [4.78, 5) is 24.4. The first kappa shape index (κ1) is 19.2. The zero-order chi connectivity index (χ0) is 18.6. The van der Waals surface area contributed by atoms with Crippen molar-refractivity contribution in [3.63, 3.8) is 0 Å². The molecule has 1 aliphatic heterocycles. The Balaban J connectivity index is 1.92. The first-order valence-electron chi connectivity index (χ1n) is 8.02. The van der Waals surface area contributed by atoms with Gasteiger partial charge in [-0.1, -0.05) is 0 Å². The number of nitrogens with zero attached hydrogens (tertiary/aromatic N) is 5. The lowest BCUT2D eigenvalue weighted by Crippen LogP contribution is -2.49. The number of piperazine rings is 1. The highest BCUT2D eigenvalue weighted by Crippen LogP contribution is 2.30. The van der Waals surface area contributed by atoms with Crippen LogP contribution < -0.4 is 10.2 Å². The van der Waals surface area contributed by atoms with Crippen LogP contribution in [0.4, 0.5) is 24.9 Å². The molecule has 1 N–H and O–H groups in total. The van der Waals surface area contributed by atoms with Crippen LogP contribution in [0.2, 0.25) is 0 Å². The second kappa shape index (κ2) is 7.85. The average Bonchev–Trinajstić information content (AvgIpc) is 2.54. The molecule has 0 aliphatic carbocycles. The lowest BCUT2D eigenvalue weighted by atomic mass is 10.3. The number of amides is 1. The number of anilines is 2. The van der Waals surface area contributed by atoms with Crippen molar-refractivity contribution >= 4 is 17.7 Å². The maximum absolute atomic E-state index is 12.9. The SMILES string of the molecule is CC(=O)N1CCN(CCNc2nc(N(C)C)cc(C(F)(F)F)n2)CC1. The summed E-state index contributed by atoms with van der Waals surface area (Å²) in [6, 6.07) is 0.923. The van der Waals surface area contributed by atoms with Gasteiger partial charge in [0, 0.05) is 66.4 Å². The van der Waals surface area contributed by atoms with Crippen molar-refractivity contribution in [1.29, 1.82) is 0 Å². The van der Waals surface area contributed by atoms with E-state index in [1.54, 1.807) is 25.9 Å². The van der Waals surface area contributed by atoms with E-state index >= 15 is 0 Å². The molecule has 7 nitrogen and oxygen atoms in total. The molecule has 0 bridgehead atoms. The molecule has 1 aromatic rings. The summed E-state index contributed by atoms with van der Waals surface area (Å²) in [7, 11) is 3.25. The number of nitrogens with one attached hydrogen (secondary N) is 1. The highest BCUT2D eigenvalue weighted by atomic mass is 19.4. The highest BCUT2D eigenvalue weighted by molar-refractivity contribution is 5.73. The number of carbonyl (C=O) groups excluding carboxylic acids is 1. The van der Waals surface area contributed by atoms with E-state index in [0.717, 1.165) is 19.2 Å². The molecule has 1 saturated heterocycles. The molecule has 0 radical (unpaired) electrons. The van der Waals surface area contributed by atoms with Crippen LogP contribution in [0.5, 0.6) is 0 Å². The standard InChI is InChI=1S/C15H23F3N6O/c1-11(25)24-8-6-23(7-9-24)5-4-19-14-20-12(15(16,17)18)10-13(21-14)22(2)3/h10H,4-9H2,1-3H3,(H,19,20,21). The van der Waals surface area contributed by atoms with E-state index < -0.39 is 11.9 Å². The van der Waals surface area contributed by atoms with Gasteiger partial charge in [-0.05, 0) is 0 Å². The van der Waals surface area contributed by atoms with E-state index in [0.29, 0.717) is 26.2 Å². The number of halogens is 3. The zero-order valence-electron chi connectivity index (χ0n) is 14.6. The van der Waals surface area contributed by atoms with Gasteiger partial charge in [-0.2, -0.15) is 18.2 Å². The fourth-order valence-electron chi connectivity index (χ4n) is 2.50. The van der Waals surface area contributed by atoms with Gasteiger partial charge in [0.15, 0.2) is 5.69 Å². The van der Waals surface area contributed by atoms with Crippen LogP contribution in [0.15, 0.2) is 6.07 Å². The van der Waals surface area contributed by atoms with Crippen LogP contribution >= 0.6 is 0 Å². The molecule has 0 atom stereocenters. The average molecular weight is 360 g/mol. The Labute approximate surface area is 144 Å². The molecular weight excluding hydrogens is 337 g/mol. The minimum Gasteiger partial charge on any atom is -0.363 e. The smallest absolute Gasteiger partial charge is 0.363 e. The van der Waals surface area contributed by atoms with Gasteiger partial charge in [0.05, 0.1) is 0 Å². The lowest BCUT2D eigenvalue weighted by Gasteiger charge is -2.34. The van der Waals surface area contributed by atoms with Gasteiger partial charge in [0.1, 0.15) is 5.82 Å². The number of rotatable bonds is 5. The van der Waals surface area contributed by atoms with Crippen molar-refractivity contribution in [1.82, 2.24) is 19.8 Å². The van der Waals surface area contributed by atoms with E-state index in [9.17, 15) is 18.0 Å². The first-order valence-corrected chi connectivity index (χ1v) is 8.02. The second-order valence-corrected chi connectivity index (χ2v) is 6.10. The minimum atomic E-state index is -4.52. The summed E-state index contributed by atoms with van der Waals surface area (Å²) in [6.07, 6.45) is -4.52. The van der Waals surface area contributed by atoms with Gasteiger partial charge in [-0.3, -0.25) is 9.69 Å². The number of alkyl halides is 3. The summed E-state index contributed by atoms with van der Waals surface area (Å²) in [6.45, 7) is 5.43. The van der Waals surface area contributed by atoms with Crippen molar-refractivity contribution < 1.29 is 18.0 Å². The van der Waals surface area contributed by atoms with E-state index in [1.807, 2.05) is 0 Å². The van der Waals surface area contributed by atoms with Crippen LogP contribution in [0.3, 0.4) is 0 Å². The summed E-state index contributed by atoms with van der Waals surface area (Å²) in [5.41, 5.74) is -0.969. The highest BCUT2D eigenvalue weighted by Gasteiger charge is 2.34. The Hall–Kier alpha value is -2.10. The van der Waals surface area contributed by atoms with E-state index in [-0.39, 0.29) is 17.7 Å². The fraction of sp³-hybridized carbons (Fsp3) is 0.667. The molecule has 0 saturated carbocycles. The quantitative estimate of drug-likeness (QED) is 0.850. The molecule has 140 valence electrons. The second-order valence-electron chi connectivity index (χ2n) is 6.10. The van der Waals surface area contributed by atoms with Crippen LogP contribution in [0.1, 0.15) is 12.6 Å². The number of hydrogen-bond donors (Lipinski definition) is 1. The van der Waals surface area contributed by atoms with Crippen molar-refractivity contribution in [3.8, 4) is 0 Å². The molecule has 2 rings (SSSR count). The lowest BCUT2D eigenvalue weighted by molar-refractivity contribution is -0.141. The molecule has 2 heterocycles. The van der Waals surface area contributed by atoms with Crippen LogP contribution in [0.25, 0.3) is 0 Å². The molecule has 1 aliphatic rings. The van der Waals surface area contributed by atoms with Gasteiger partial charge >= 0.3 is 6.18 Å². The van der Waals surface area contributed by atoms with Gasteiger partial charge in [-0.25, -0.2) is 4.98 Å². The normalized spacial score (nSPS) is 16.0.